The SMILES string of the molecule is CN(Cc1cccc(CO)c1)C(=O)C(C)(CCCCNCC=NOCc1ccccc1)N1C(=O)c2ccccc2C1=O. The van der Waals surface area contributed by atoms with Gasteiger partial charge in [0.05, 0.1) is 23.9 Å². The Balaban J connectivity index is 1.36. The van der Waals surface area contributed by atoms with Gasteiger partial charge in [-0.25, -0.2) is 0 Å². The Morgan fingerprint density at radius 1 is 0.952 bits per heavy atom. The monoisotopic (exact) mass is 570 g/mol. The van der Waals surface area contributed by atoms with E-state index in [2.05, 4.69) is 10.5 Å². The molecule has 42 heavy (non-hydrogen) atoms. The van der Waals surface area contributed by atoms with E-state index in [1.165, 1.54) is 0 Å². The Hall–Kier alpha value is -4.34. The van der Waals surface area contributed by atoms with Crippen molar-refractivity contribution in [1.29, 1.82) is 0 Å². The van der Waals surface area contributed by atoms with E-state index in [1.807, 2.05) is 54.6 Å². The van der Waals surface area contributed by atoms with Gasteiger partial charge in [0.1, 0.15) is 12.1 Å². The summed E-state index contributed by atoms with van der Waals surface area (Å²) in [5, 5.41) is 16.7. The lowest BCUT2D eigenvalue weighted by molar-refractivity contribution is -0.140. The molecule has 220 valence electrons. The maximum atomic E-state index is 14.0. The van der Waals surface area contributed by atoms with Crippen molar-refractivity contribution < 1.29 is 24.3 Å². The summed E-state index contributed by atoms with van der Waals surface area (Å²) >= 11 is 0. The van der Waals surface area contributed by atoms with Crippen LogP contribution in [0.25, 0.3) is 0 Å². The van der Waals surface area contributed by atoms with Crippen molar-refractivity contribution in [3.8, 4) is 0 Å². The molecule has 1 unspecified atom stereocenters. The highest BCUT2D eigenvalue weighted by Gasteiger charge is 2.51. The smallest absolute Gasteiger partial charge is 0.262 e. The van der Waals surface area contributed by atoms with Crippen LogP contribution in [-0.2, 0) is 29.4 Å². The summed E-state index contributed by atoms with van der Waals surface area (Å²) in [7, 11) is 1.67. The molecular weight excluding hydrogens is 532 g/mol. The number of carbonyl (C=O) groups excluding carboxylic acids is 3. The van der Waals surface area contributed by atoms with E-state index in [9.17, 15) is 19.5 Å². The van der Waals surface area contributed by atoms with Crippen molar-refractivity contribution in [2.45, 2.75) is 51.5 Å². The number of hydrogen-bond donors (Lipinski definition) is 2. The summed E-state index contributed by atoms with van der Waals surface area (Å²) in [5.74, 6) is -1.22. The van der Waals surface area contributed by atoms with Gasteiger partial charge in [-0.3, -0.25) is 19.3 Å². The lowest BCUT2D eigenvalue weighted by Gasteiger charge is -2.39. The molecule has 9 nitrogen and oxygen atoms in total. The van der Waals surface area contributed by atoms with Crippen LogP contribution in [0.15, 0.2) is 84.0 Å². The standard InChI is InChI=1S/C33H38N4O5/c1-33(37-30(39)28-15-6-7-16-29(28)31(37)40,32(41)36(2)22-26-13-10-14-27(21-26)23-38)17-8-9-18-34-19-20-35-42-24-25-11-4-3-5-12-25/h3-7,10-16,20-21,34,38H,8-9,17-19,22-24H2,1-2H3. The number of aliphatic hydroxyl groups excluding tert-OH is 1. The molecule has 1 atom stereocenters. The normalized spacial score (nSPS) is 14.2. The van der Waals surface area contributed by atoms with Crippen LogP contribution in [0.5, 0.6) is 0 Å². The second-order valence-corrected chi connectivity index (χ2v) is 10.6. The molecule has 1 heterocycles. The Bertz CT molecular complexity index is 1380. The number of amides is 3. The number of hydrogen-bond acceptors (Lipinski definition) is 7. The average molecular weight is 571 g/mol. The molecular formula is C33H38N4O5. The number of nitrogens with one attached hydrogen (secondary N) is 1. The fourth-order valence-electron chi connectivity index (χ4n) is 5.20. The third kappa shape index (κ3) is 7.29. The van der Waals surface area contributed by atoms with Crippen LogP contribution in [0.1, 0.15) is 63.6 Å². The largest absolute Gasteiger partial charge is 0.392 e. The lowest BCUT2D eigenvalue weighted by atomic mass is 9.90. The average Bonchev–Trinajstić information content (AvgIpc) is 3.27. The molecule has 3 amide bonds. The van der Waals surface area contributed by atoms with Crippen LogP contribution in [0, 0.1) is 0 Å². The molecule has 0 aliphatic carbocycles. The van der Waals surface area contributed by atoms with E-state index in [4.69, 9.17) is 4.84 Å². The van der Waals surface area contributed by atoms with Crippen molar-refractivity contribution >= 4 is 23.9 Å². The van der Waals surface area contributed by atoms with Crippen LogP contribution in [0.3, 0.4) is 0 Å². The first kappa shape index (κ1) is 30.6. The zero-order valence-electron chi connectivity index (χ0n) is 24.2. The van der Waals surface area contributed by atoms with Gasteiger partial charge in [0.2, 0.25) is 5.91 Å². The number of fused-ring (bicyclic) bond motifs is 1. The van der Waals surface area contributed by atoms with Gasteiger partial charge < -0.3 is 20.2 Å². The summed E-state index contributed by atoms with van der Waals surface area (Å²) < 4.78 is 0. The Morgan fingerprint density at radius 2 is 1.60 bits per heavy atom. The lowest BCUT2D eigenvalue weighted by Crippen LogP contribution is -2.59. The summed E-state index contributed by atoms with van der Waals surface area (Å²) in [6, 6.07) is 23.8. The highest BCUT2D eigenvalue weighted by molar-refractivity contribution is 6.23. The number of aliphatic hydroxyl groups is 1. The van der Waals surface area contributed by atoms with E-state index in [0.29, 0.717) is 43.7 Å². The second-order valence-electron chi connectivity index (χ2n) is 10.6. The summed E-state index contributed by atoms with van der Waals surface area (Å²) in [6.45, 7) is 3.46. The molecule has 0 saturated heterocycles. The molecule has 1 aliphatic heterocycles. The molecule has 0 radical (unpaired) electrons. The van der Waals surface area contributed by atoms with Gasteiger partial charge in [0, 0.05) is 20.1 Å². The molecule has 3 aromatic rings. The first-order valence-electron chi connectivity index (χ1n) is 14.2. The van der Waals surface area contributed by atoms with Gasteiger partial charge in [0.15, 0.2) is 0 Å². The maximum Gasteiger partial charge on any atom is 0.262 e. The van der Waals surface area contributed by atoms with Gasteiger partial charge in [-0.2, -0.15) is 0 Å². The topological polar surface area (TPSA) is 112 Å². The second kappa shape index (κ2) is 14.5. The minimum Gasteiger partial charge on any atom is -0.392 e. The van der Waals surface area contributed by atoms with Gasteiger partial charge in [-0.05, 0) is 61.6 Å². The summed E-state index contributed by atoms with van der Waals surface area (Å²) in [4.78, 5) is 48.9. The Labute approximate surface area is 246 Å². The number of nitrogens with zero attached hydrogens (tertiary/aromatic N) is 3. The summed E-state index contributed by atoms with van der Waals surface area (Å²) in [5.41, 5.74) is 1.90. The Morgan fingerprint density at radius 3 is 2.29 bits per heavy atom. The number of oxime groups is 1. The van der Waals surface area contributed by atoms with Gasteiger partial charge in [-0.1, -0.05) is 71.9 Å². The van der Waals surface area contributed by atoms with Crippen LogP contribution in [0.4, 0.5) is 0 Å². The zero-order valence-corrected chi connectivity index (χ0v) is 24.2. The van der Waals surface area contributed by atoms with Gasteiger partial charge in [0.25, 0.3) is 11.8 Å². The van der Waals surface area contributed by atoms with Crippen molar-refractivity contribution in [1.82, 2.24) is 15.1 Å². The van der Waals surface area contributed by atoms with E-state index >= 15 is 0 Å². The van der Waals surface area contributed by atoms with E-state index in [-0.39, 0.29) is 19.1 Å². The molecule has 0 saturated carbocycles. The maximum absolute atomic E-state index is 14.0. The number of likely N-dealkylation sites (N-methyl/N-ethyl adjacent to an activating group) is 1. The predicted octanol–water partition coefficient (Wildman–Crippen LogP) is 4.15. The molecule has 3 aromatic carbocycles. The quantitative estimate of drug-likeness (QED) is 0.123. The number of unbranched alkanes of at least 4 members (excludes halogenated alkanes) is 1. The molecule has 0 fully saturated rings. The first-order valence-corrected chi connectivity index (χ1v) is 14.2. The predicted molar refractivity (Wildman–Crippen MR) is 161 cm³/mol. The molecule has 0 bridgehead atoms. The van der Waals surface area contributed by atoms with Crippen LogP contribution < -0.4 is 5.32 Å². The minimum absolute atomic E-state index is 0.0984. The van der Waals surface area contributed by atoms with Gasteiger partial charge in [-0.15, -0.1) is 0 Å². The van der Waals surface area contributed by atoms with Crippen molar-refractivity contribution in [3.63, 3.8) is 0 Å². The zero-order chi connectivity index (χ0) is 30.0. The minimum atomic E-state index is -1.37. The molecule has 1 aliphatic rings. The molecule has 4 rings (SSSR count). The van der Waals surface area contributed by atoms with Gasteiger partial charge >= 0.3 is 0 Å². The number of rotatable bonds is 15. The highest BCUT2D eigenvalue weighted by Crippen LogP contribution is 2.34. The van der Waals surface area contributed by atoms with Crippen molar-refractivity contribution in [2.24, 2.45) is 5.16 Å². The highest BCUT2D eigenvalue weighted by atomic mass is 16.6. The van der Waals surface area contributed by atoms with Crippen LogP contribution in [-0.4, -0.2) is 64.5 Å². The van der Waals surface area contributed by atoms with E-state index in [1.54, 1.807) is 49.4 Å². The van der Waals surface area contributed by atoms with Crippen LogP contribution in [0.2, 0.25) is 0 Å². The van der Waals surface area contributed by atoms with Crippen molar-refractivity contribution in [3.05, 3.63) is 107 Å². The fourth-order valence-corrected chi connectivity index (χ4v) is 5.20. The van der Waals surface area contributed by atoms with Crippen molar-refractivity contribution in [2.75, 3.05) is 20.1 Å². The first-order chi connectivity index (χ1) is 20.3. The van der Waals surface area contributed by atoms with E-state index in [0.717, 1.165) is 28.0 Å². The summed E-state index contributed by atoms with van der Waals surface area (Å²) in [6.07, 6.45) is 3.32. The van der Waals surface area contributed by atoms with E-state index < -0.39 is 17.4 Å². The third-order valence-electron chi connectivity index (χ3n) is 7.41. The number of imide groups is 1. The van der Waals surface area contributed by atoms with Crippen LogP contribution >= 0.6 is 0 Å². The Kier molecular flexibility index (Phi) is 10.6. The third-order valence-corrected chi connectivity index (χ3v) is 7.41. The molecule has 0 aromatic heterocycles. The molecule has 2 N–H and O–H groups in total. The number of carbonyl (C=O) groups is 3. The molecule has 9 heteroatoms. The molecule has 0 spiro atoms. The fraction of sp³-hybridized carbons (Fsp3) is 0.333. The number of benzene rings is 3.